The highest BCUT2D eigenvalue weighted by Gasteiger charge is 2.35. The predicted molar refractivity (Wildman–Crippen MR) is 187 cm³/mol. The van der Waals surface area contributed by atoms with Gasteiger partial charge in [0.2, 0.25) is 0 Å². The number of benzene rings is 4. The molecule has 0 spiro atoms. The summed E-state index contributed by atoms with van der Waals surface area (Å²) in [6.45, 7) is 2.57. The summed E-state index contributed by atoms with van der Waals surface area (Å²) in [7, 11) is 1.60. The second kappa shape index (κ2) is 12.9. The van der Waals surface area contributed by atoms with E-state index < -0.39 is 12.0 Å². The minimum Gasteiger partial charge on any atom is -0.497 e. The third-order valence-electron chi connectivity index (χ3n) is 8.15. The number of thiazole rings is 1. The first-order valence-electron chi connectivity index (χ1n) is 15.2. The van der Waals surface area contributed by atoms with E-state index in [0.29, 0.717) is 37.9 Å². The number of nitrogens with zero attached hydrogens (tertiary/aromatic N) is 3. The molecule has 0 unspecified atom stereocenters. The number of carbonyl (C=O) groups excluding carboxylic acids is 1. The third kappa shape index (κ3) is 5.82. The molecule has 0 amide bonds. The van der Waals surface area contributed by atoms with E-state index in [1.54, 1.807) is 18.6 Å². The Hall–Kier alpha value is -5.18. The van der Waals surface area contributed by atoms with E-state index in [2.05, 4.69) is 22.9 Å². The molecule has 4 aromatic carbocycles. The molecule has 0 N–H and O–H groups in total. The summed E-state index contributed by atoms with van der Waals surface area (Å²) in [5.74, 6) is 0.148. The quantitative estimate of drug-likeness (QED) is 0.173. The Bertz CT molecular complexity index is 2340. The Morgan fingerprint density at radius 2 is 1.74 bits per heavy atom. The van der Waals surface area contributed by atoms with Crippen LogP contribution in [-0.2, 0) is 16.1 Å². The van der Waals surface area contributed by atoms with E-state index in [4.69, 9.17) is 26.1 Å². The maximum atomic E-state index is 14.4. The van der Waals surface area contributed by atoms with Crippen LogP contribution in [0.1, 0.15) is 35.2 Å². The lowest BCUT2D eigenvalue weighted by molar-refractivity contribution is -0.138. The third-order valence-corrected chi connectivity index (χ3v) is 9.37. The van der Waals surface area contributed by atoms with Crippen molar-refractivity contribution in [3.63, 3.8) is 0 Å². The number of hydrogen-bond donors (Lipinski definition) is 0. The van der Waals surface area contributed by atoms with Crippen LogP contribution in [0.25, 0.3) is 22.7 Å². The molecule has 9 heteroatoms. The number of hydrogen-bond acceptors (Lipinski definition) is 6. The molecule has 7 rings (SSSR count). The minimum atomic E-state index is -0.766. The summed E-state index contributed by atoms with van der Waals surface area (Å²) in [4.78, 5) is 33.6. The van der Waals surface area contributed by atoms with Gasteiger partial charge in [-0.15, -0.1) is 0 Å². The summed E-state index contributed by atoms with van der Waals surface area (Å²) in [6, 6.07) is 32.1. The van der Waals surface area contributed by atoms with E-state index in [0.717, 1.165) is 33.2 Å². The molecular weight excluding hydrogens is 630 g/mol. The van der Waals surface area contributed by atoms with Gasteiger partial charge in [0.1, 0.15) is 5.75 Å². The summed E-state index contributed by atoms with van der Waals surface area (Å²) < 4.78 is 15.3. The SMILES string of the molecule is CCOC(=O)C1=C(c2ccccc2)N=c2s/c(=C\c3cn(Cc4cccc(Cl)c4)c4ccccc34)c(=O)n2[C@H]1c1ccc(OC)cc1. The fraction of sp³-hybridized carbons (Fsp3) is 0.132. The molecule has 1 atom stereocenters. The van der Waals surface area contributed by atoms with Gasteiger partial charge >= 0.3 is 5.97 Å². The van der Waals surface area contributed by atoms with Crippen LogP contribution in [0.2, 0.25) is 5.02 Å². The molecule has 0 fully saturated rings. The molecule has 3 heterocycles. The van der Waals surface area contributed by atoms with Crippen molar-refractivity contribution in [2.45, 2.75) is 19.5 Å². The normalized spacial score (nSPS) is 14.6. The molecule has 234 valence electrons. The monoisotopic (exact) mass is 659 g/mol. The van der Waals surface area contributed by atoms with E-state index in [-0.39, 0.29) is 12.2 Å². The van der Waals surface area contributed by atoms with E-state index in [9.17, 15) is 9.59 Å². The number of methoxy groups -OCH3 is 1. The smallest absolute Gasteiger partial charge is 0.338 e. The number of ether oxygens (including phenoxy) is 2. The number of para-hydroxylation sites is 1. The van der Waals surface area contributed by atoms with Gasteiger partial charge in [0, 0.05) is 39.8 Å². The lowest BCUT2D eigenvalue weighted by Crippen LogP contribution is -2.40. The molecule has 0 saturated carbocycles. The van der Waals surface area contributed by atoms with Gasteiger partial charge in [-0.1, -0.05) is 95.7 Å². The van der Waals surface area contributed by atoms with E-state index >= 15 is 0 Å². The van der Waals surface area contributed by atoms with Gasteiger partial charge in [-0.05, 0) is 54.5 Å². The summed E-state index contributed by atoms with van der Waals surface area (Å²) >= 11 is 7.58. The molecule has 0 bridgehead atoms. The van der Waals surface area contributed by atoms with Crippen molar-refractivity contribution < 1.29 is 14.3 Å². The molecule has 0 radical (unpaired) electrons. The predicted octanol–water partition coefficient (Wildman–Crippen LogP) is 6.60. The van der Waals surface area contributed by atoms with Gasteiger partial charge in [0.05, 0.1) is 35.6 Å². The Balaban J connectivity index is 1.44. The van der Waals surface area contributed by atoms with E-state index in [1.807, 2.05) is 97.1 Å². The molecule has 47 heavy (non-hydrogen) atoms. The Morgan fingerprint density at radius 3 is 2.49 bits per heavy atom. The Morgan fingerprint density at radius 1 is 0.979 bits per heavy atom. The zero-order chi connectivity index (χ0) is 32.5. The van der Waals surface area contributed by atoms with Gasteiger partial charge in [-0.3, -0.25) is 9.36 Å². The molecular formula is C38H30ClN3O4S. The molecule has 7 nitrogen and oxygen atoms in total. The second-order valence-electron chi connectivity index (χ2n) is 11.1. The minimum absolute atomic E-state index is 0.184. The molecule has 1 aliphatic heterocycles. The zero-order valence-corrected chi connectivity index (χ0v) is 27.3. The fourth-order valence-corrected chi connectivity index (χ4v) is 7.24. The standard InChI is InChI=1S/C38H30ClN3O4S/c1-3-46-37(44)33-34(25-11-5-4-6-12-25)40-38-42(35(33)26-16-18-29(45-2)19-17-26)36(43)32(47-38)21-27-23-41(31-15-8-7-14-30(27)31)22-24-10-9-13-28(39)20-24/h4-21,23,35H,3,22H2,1-2H3/b32-21-/t35-/m0/s1. The Labute approximate surface area is 279 Å². The van der Waals surface area contributed by atoms with E-state index in [1.165, 1.54) is 11.3 Å². The first-order valence-corrected chi connectivity index (χ1v) is 16.4. The highest BCUT2D eigenvalue weighted by Crippen LogP contribution is 2.36. The maximum absolute atomic E-state index is 14.4. The van der Waals surface area contributed by atoms with Crippen molar-refractivity contribution in [3.8, 4) is 5.75 Å². The van der Waals surface area contributed by atoms with Crippen LogP contribution < -0.4 is 19.6 Å². The Kier molecular flexibility index (Phi) is 8.37. The average Bonchev–Trinajstić information content (AvgIpc) is 3.60. The lowest BCUT2D eigenvalue weighted by atomic mass is 9.93. The zero-order valence-electron chi connectivity index (χ0n) is 25.7. The maximum Gasteiger partial charge on any atom is 0.338 e. The van der Waals surface area contributed by atoms with Gasteiger partial charge in [-0.25, -0.2) is 9.79 Å². The van der Waals surface area contributed by atoms with Crippen LogP contribution in [0.5, 0.6) is 5.75 Å². The highest BCUT2D eigenvalue weighted by molar-refractivity contribution is 7.07. The first-order chi connectivity index (χ1) is 22.9. The molecule has 0 aliphatic carbocycles. The van der Waals surface area contributed by atoms with Gasteiger partial charge in [0.15, 0.2) is 4.80 Å². The van der Waals surface area contributed by atoms with Crippen LogP contribution in [-0.4, -0.2) is 28.8 Å². The highest BCUT2D eigenvalue weighted by atomic mass is 35.5. The molecule has 6 aromatic rings. The van der Waals surface area contributed by atoms with Crippen LogP contribution in [0.3, 0.4) is 0 Å². The first kappa shape index (κ1) is 30.5. The van der Waals surface area contributed by atoms with Crippen LogP contribution in [0, 0.1) is 0 Å². The molecule has 0 saturated heterocycles. The second-order valence-corrected chi connectivity index (χ2v) is 12.5. The number of fused-ring (bicyclic) bond motifs is 2. The van der Waals surface area contributed by atoms with Crippen LogP contribution >= 0.6 is 22.9 Å². The lowest BCUT2D eigenvalue weighted by Gasteiger charge is -2.26. The summed E-state index contributed by atoms with van der Waals surface area (Å²) in [5.41, 5.74) is 5.06. The largest absolute Gasteiger partial charge is 0.497 e. The number of carbonyl (C=O) groups is 1. The van der Waals surface area contributed by atoms with Crippen molar-refractivity contribution >= 4 is 51.6 Å². The fourth-order valence-electron chi connectivity index (χ4n) is 6.04. The molecule has 2 aromatic heterocycles. The average molecular weight is 660 g/mol. The van der Waals surface area contributed by atoms with Crippen molar-refractivity contribution in [1.29, 1.82) is 0 Å². The van der Waals surface area contributed by atoms with Gasteiger partial charge < -0.3 is 14.0 Å². The van der Waals surface area contributed by atoms with Gasteiger partial charge in [0.25, 0.3) is 5.56 Å². The van der Waals surface area contributed by atoms with Crippen LogP contribution in [0.15, 0.2) is 125 Å². The van der Waals surface area contributed by atoms with Crippen molar-refractivity contribution in [1.82, 2.24) is 9.13 Å². The van der Waals surface area contributed by atoms with Crippen molar-refractivity contribution in [2.24, 2.45) is 4.99 Å². The number of aromatic nitrogens is 2. The summed E-state index contributed by atoms with van der Waals surface area (Å²) in [5, 5.41) is 1.70. The summed E-state index contributed by atoms with van der Waals surface area (Å²) in [6.07, 6.45) is 3.98. The molecule has 1 aliphatic rings. The van der Waals surface area contributed by atoms with Crippen LogP contribution in [0.4, 0.5) is 0 Å². The number of esters is 1. The number of rotatable bonds is 8. The number of halogens is 1. The van der Waals surface area contributed by atoms with Crippen molar-refractivity contribution in [3.05, 3.63) is 162 Å². The topological polar surface area (TPSA) is 74.8 Å². The van der Waals surface area contributed by atoms with Crippen molar-refractivity contribution in [2.75, 3.05) is 13.7 Å². The van der Waals surface area contributed by atoms with Gasteiger partial charge in [-0.2, -0.15) is 0 Å².